The largest absolute Gasteiger partial charge is 0.456 e. The Morgan fingerprint density at radius 2 is 2.00 bits per heavy atom. The minimum Gasteiger partial charge on any atom is -0.456 e. The second kappa shape index (κ2) is 4.98. The molecular formula is C14H17NO2S2. The summed E-state index contributed by atoms with van der Waals surface area (Å²) in [7, 11) is 0. The quantitative estimate of drug-likeness (QED) is 0.839. The summed E-state index contributed by atoms with van der Waals surface area (Å²) in [5.74, 6) is -0.353. The zero-order valence-corrected chi connectivity index (χ0v) is 13.1. The number of esters is 1. The molecule has 2 N–H and O–H groups in total. The SMILES string of the molecule is Cc1cscc1-c1cc(N)c(C(=O)OC(C)(C)C)s1. The van der Waals surface area contributed by atoms with Crippen LogP contribution in [0.25, 0.3) is 10.4 Å². The average Bonchev–Trinajstić information content (AvgIpc) is 2.81. The van der Waals surface area contributed by atoms with Crippen molar-refractivity contribution in [2.45, 2.75) is 33.3 Å². The number of aryl methyl sites for hydroxylation is 1. The summed E-state index contributed by atoms with van der Waals surface area (Å²) in [6.07, 6.45) is 0. The highest BCUT2D eigenvalue weighted by Crippen LogP contribution is 2.37. The van der Waals surface area contributed by atoms with Gasteiger partial charge >= 0.3 is 5.97 Å². The molecule has 0 fully saturated rings. The number of carbonyl (C=O) groups excluding carboxylic acids is 1. The third kappa shape index (κ3) is 3.16. The predicted octanol–water partition coefficient (Wildman–Crippen LogP) is 4.32. The van der Waals surface area contributed by atoms with Gasteiger partial charge in [0.25, 0.3) is 0 Å². The van der Waals surface area contributed by atoms with Crippen molar-refractivity contribution in [1.29, 1.82) is 0 Å². The molecule has 2 aromatic heterocycles. The number of anilines is 1. The van der Waals surface area contributed by atoms with E-state index in [1.165, 1.54) is 16.9 Å². The third-order valence-corrected chi connectivity index (χ3v) is 4.49. The molecule has 0 saturated carbocycles. The van der Waals surface area contributed by atoms with Crippen LogP contribution < -0.4 is 5.73 Å². The standard InChI is InChI=1S/C14H17NO2S2/c1-8-6-18-7-9(8)11-5-10(15)12(19-11)13(16)17-14(2,3)4/h5-7H,15H2,1-4H3. The first-order valence-corrected chi connectivity index (χ1v) is 7.69. The normalized spacial score (nSPS) is 11.6. The molecule has 0 aliphatic carbocycles. The third-order valence-electron chi connectivity index (χ3n) is 2.47. The maximum absolute atomic E-state index is 12.1. The Kier molecular flexibility index (Phi) is 3.69. The summed E-state index contributed by atoms with van der Waals surface area (Å²) in [4.78, 5) is 13.6. The molecule has 3 nitrogen and oxygen atoms in total. The van der Waals surface area contributed by atoms with E-state index >= 15 is 0 Å². The fraction of sp³-hybridized carbons (Fsp3) is 0.357. The molecule has 2 rings (SSSR count). The van der Waals surface area contributed by atoms with Gasteiger partial charge in [-0.2, -0.15) is 11.3 Å². The molecule has 0 saturated heterocycles. The number of carbonyl (C=O) groups is 1. The van der Waals surface area contributed by atoms with Crippen molar-refractivity contribution in [3.63, 3.8) is 0 Å². The van der Waals surface area contributed by atoms with E-state index in [-0.39, 0.29) is 5.97 Å². The topological polar surface area (TPSA) is 52.3 Å². The van der Waals surface area contributed by atoms with E-state index < -0.39 is 5.60 Å². The number of nitrogen functional groups attached to an aromatic ring is 1. The highest BCUT2D eigenvalue weighted by molar-refractivity contribution is 7.18. The van der Waals surface area contributed by atoms with Crippen LogP contribution in [0.5, 0.6) is 0 Å². The van der Waals surface area contributed by atoms with Gasteiger partial charge in [0.1, 0.15) is 10.5 Å². The van der Waals surface area contributed by atoms with Gasteiger partial charge in [0.05, 0.1) is 5.69 Å². The van der Waals surface area contributed by atoms with Crippen LogP contribution in [-0.2, 0) is 4.74 Å². The second-order valence-electron chi connectivity index (χ2n) is 5.37. The number of hydrogen-bond donors (Lipinski definition) is 1. The lowest BCUT2D eigenvalue weighted by atomic mass is 10.2. The van der Waals surface area contributed by atoms with Crippen LogP contribution in [-0.4, -0.2) is 11.6 Å². The lowest BCUT2D eigenvalue weighted by Crippen LogP contribution is -2.23. The Labute approximate surface area is 121 Å². The fourth-order valence-electron chi connectivity index (χ4n) is 1.63. The predicted molar refractivity (Wildman–Crippen MR) is 81.9 cm³/mol. The molecule has 0 atom stereocenters. The summed E-state index contributed by atoms with van der Waals surface area (Å²) in [6, 6.07) is 1.85. The van der Waals surface area contributed by atoms with Gasteiger partial charge in [0, 0.05) is 10.4 Å². The zero-order valence-electron chi connectivity index (χ0n) is 11.4. The van der Waals surface area contributed by atoms with E-state index in [1.807, 2.05) is 26.8 Å². The molecule has 0 aliphatic heterocycles. The second-order valence-corrected chi connectivity index (χ2v) is 7.16. The molecule has 0 bridgehead atoms. The van der Waals surface area contributed by atoms with E-state index in [4.69, 9.17) is 10.5 Å². The molecule has 0 unspecified atom stereocenters. The van der Waals surface area contributed by atoms with Gasteiger partial charge < -0.3 is 10.5 Å². The van der Waals surface area contributed by atoms with E-state index in [2.05, 4.69) is 17.7 Å². The zero-order chi connectivity index (χ0) is 14.2. The summed E-state index contributed by atoms with van der Waals surface area (Å²) in [5, 5.41) is 4.15. The molecule has 0 amide bonds. The van der Waals surface area contributed by atoms with Crippen LogP contribution in [0.3, 0.4) is 0 Å². The minimum atomic E-state index is -0.508. The highest BCUT2D eigenvalue weighted by Gasteiger charge is 2.22. The summed E-state index contributed by atoms with van der Waals surface area (Å²) >= 11 is 3.03. The number of nitrogens with two attached hydrogens (primary N) is 1. The number of thiophene rings is 2. The molecule has 2 aromatic rings. The molecule has 0 aromatic carbocycles. The maximum Gasteiger partial charge on any atom is 0.350 e. The molecule has 102 valence electrons. The van der Waals surface area contributed by atoms with Crippen molar-refractivity contribution in [3.05, 3.63) is 27.3 Å². The van der Waals surface area contributed by atoms with Crippen molar-refractivity contribution in [2.24, 2.45) is 0 Å². The lowest BCUT2D eigenvalue weighted by molar-refractivity contribution is 0.00764. The van der Waals surface area contributed by atoms with E-state index in [0.29, 0.717) is 10.6 Å². The number of hydrogen-bond acceptors (Lipinski definition) is 5. The Balaban J connectivity index is 2.32. The number of ether oxygens (including phenoxy) is 1. The van der Waals surface area contributed by atoms with Crippen LogP contribution in [0.4, 0.5) is 5.69 Å². The molecule has 2 heterocycles. The van der Waals surface area contributed by atoms with Gasteiger partial charge in [-0.3, -0.25) is 0 Å². The van der Waals surface area contributed by atoms with Crippen LogP contribution in [0.15, 0.2) is 16.8 Å². The van der Waals surface area contributed by atoms with Crippen molar-refractivity contribution >= 4 is 34.3 Å². The maximum atomic E-state index is 12.1. The van der Waals surface area contributed by atoms with Gasteiger partial charge in [-0.15, -0.1) is 11.3 Å². The molecule has 0 spiro atoms. The molecule has 0 aliphatic rings. The molecule has 0 radical (unpaired) electrons. The van der Waals surface area contributed by atoms with E-state index in [1.54, 1.807) is 11.3 Å². The van der Waals surface area contributed by atoms with Crippen molar-refractivity contribution in [2.75, 3.05) is 5.73 Å². The molecular weight excluding hydrogens is 278 g/mol. The van der Waals surface area contributed by atoms with Crippen LogP contribution >= 0.6 is 22.7 Å². The Bertz CT molecular complexity index is 605. The van der Waals surface area contributed by atoms with Gasteiger partial charge in [0.15, 0.2) is 0 Å². The van der Waals surface area contributed by atoms with Gasteiger partial charge in [-0.05, 0) is 50.1 Å². The fourth-order valence-corrected chi connectivity index (χ4v) is 3.59. The summed E-state index contributed by atoms with van der Waals surface area (Å²) in [6.45, 7) is 7.59. The Hall–Kier alpha value is -1.33. The van der Waals surface area contributed by atoms with Crippen molar-refractivity contribution in [3.8, 4) is 10.4 Å². The lowest BCUT2D eigenvalue weighted by Gasteiger charge is -2.18. The van der Waals surface area contributed by atoms with Gasteiger partial charge in [-0.1, -0.05) is 0 Å². The summed E-state index contributed by atoms with van der Waals surface area (Å²) in [5.41, 5.74) is 8.24. The first-order chi connectivity index (χ1) is 8.78. The number of rotatable bonds is 2. The van der Waals surface area contributed by atoms with Gasteiger partial charge in [0.2, 0.25) is 0 Å². The van der Waals surface area contributed by atoms with Crippen LogP contribution in [0, 0.1) is 6.92 Å². The Morgan fingerprint density at radius 3 is 2.53 bits per heavy atom. The first-order valence-electron chi connectivity index (χ1n) is 5.94. The van der Waals surface area contributed by atoms with Crippen molar-refractivity contribution in [1.82, 2.24) is 0 Å². The average molecular weight is 295 g/mol. The van der Waals surface area contributed by atoms with E-state index in [9.17, 15) is 4.79 Å². The highest BCUT2D eigenvalue weighted by atomic mass is 32.1. The summed E-state index contributed by atoms with van der Waals surface area (Å²) < 4.78 is 5.36. The van der Waals surface area contributed by atoms with Crippen LogP contribution in [0.1, 0.15) is 36.0 Å². The van der Waals surface area contributed by atoms with Crippen molar-refractivity contribution < 1.29 is 9.53 Å². The molecule has 5 heteroatoms. The van der Waals surface area contributed by atoms with Crippen LogP contribution in [0.2, 0.25) is 0 Å². The van der Waals surface area contributed by atoms with E-state index in [0.717, 1.165) is 10.4 Å². The first kappa shape index (κ1) is 14.1. The van der Waals surface area contributed by atoms with Gasteiger partial charge in [-0.25, -0.2) is 4.79 Å². The Morgan fingerprint density at radius 1 is 1.32 bits per heavy atom. The monoisotopic (exact) mass is 295 g/mol. The smallest absolute Gasteiger partial charge is 0.350 e. The molecule has 19 heavy (non-hydrogen) atoms. The minimum absolute atomic E-state index is 0.353.